The number of halogens is 1. The Morgan fingerprint density at radius 3 is 3.07 bits per heavy atom. The lowest BCUT2D eigenvalue weighted by molar-refractivity contribution is 0.633. The molecule has 82 valence electrons. The SMILES string of the molecule is Cc1ccc(NC[C@H]2CCCN2)c(Br)c1. The standard InChI is InChI=1S/C12H17BrN2/c1-9-4-5-12(11(13)7-9)15-8-10-3-2-6-14-10/h4-5,7,10,14-15H,2-3,6,8H2,1H3/t10-/m1/s1. The number of hydrogen-bond acceptors (Lipinski definition) is 2. The molecule has 2 nitrogen and oxygen atoms in total. The molecule has 15 heavy (non-hydrogen) atoms. The number of benzene rings is 1. The highest BCUT2D eigenvalue weighted by molar-refractivity contribution is 9.10. The van der Waals surface area contributed by atoms with Crippen molar-refractivity contribution in [3.8, 4) is 0 Å². The molecule has 0 radical (unpaired) electrons. The van der Waals surface area contributed by atoms with Crippen molar-refractivity contribution >= 4 is 21.6 Å². The molecule has 2 rings (SSSR count). The van der Waals surface area contributed by atoms with Crippen molar-refractivity contribution in [1.29, 1.82) is 0 Å². The first-order chi connectivity index (χ1) is 7.25. The van der Waals surface area contributed by atoms with Crippen molar-refractivity contribution < 1.29 is 0 Å². The number of nitrogens with one attached hydrogen (secondary N) is 2. The Labute approximate surface area is 99.6 Å². The van der Waals surface area contributed by atoms with E-state index < -0.39 is 0 Å². The van der Waals surface area contributed by atoms with Crippen molar-refractivity contribution in [3.05, 3.63) is 28.2 Å². The van der Waals surface area contributed by atoms with Gasteiger partial charge in [0.05, 0.1) is 0 Å². The van der Waals surface area contributed by atoms with Crippen LogP contribution in [0.1, 0.15) is 18.4 Å². The zero-order valence-electron chi connectivity index (χ0n) is 9.02. The van der Waals surface area contributed by atoms with Crippen LogP contribution in [-0.2, 0) is 0 Å². The van der Waals surface area contributed by atoms with E-state index in [0.717, 1.165) is 11.0 Å². The number of hydrogen-bond donors (Lipinski definition) is 2. The van der Waals surface area contributed by atoms with Crippen LogP contribution in [0, 0.1) is 6.92 Å². The van der Waals surface area contributed by atoms with Gasteiger partial charge in [-0.05, 0) is 59.9 Å². The molecule has 0 aliphatic carbocycles. The molecule has 1 heterocycles. The van der Waals surface area contributed by atoms with Crippen LogP contribution in [0.15, 0.2) is 22.7 Å². The summed E-state index contributed by atoms with van der Waals surface area (Å²) in [7, 11) is 0. The van der Waals surface area contributed by atoms with E-state index in [1.807, 2.05) is 0 Å². The number of anilines is 1. The van der Waals surface area contributed by atoms with E-state index in [0.29, 0.717) is 6.04 Å². The average Bonchev–Trinajstić information content (AvgIpc) is 2.69. The lowest BCUT2D eigenvalue weighted by Crippen LogP contribution is -2.29. The Hall–Kier alpha value is -0.540. The number of rotatable bonds is 3. The first-order valence-electron chi connectivity index (χ1n) is 5.49. The molecule has 0 spiro atoms. The second kappa shape index (κ2) is 4.99. The predicted molar refractivity (Wildman–Crippen MR) is 68.4 cm³/mol. The molecule has 0 unspecified atom stereocenters. The van der Waals surface area contributed by atoms with E-state index >= 15 is 0 Å². The summed E-state index contributed by atoms with van der Waals surface area (Å²) in [5, 5.41) is 6.95. The molecule has 0 saturated carbocycles. The molecular formula is C12H17BrN2. The molecule has 3 heteroatoms. The minimum Gasteiger partial charge on any atom is -0.383 e. The number of aryl methyl sites for hydroxylation is 1. The normalized spacial score (nSPS) is 20.5. The van der Waals surface area contributed by atoms with Crippen LogP contribution in [0.4, 0.5) is 5.69 Å². The monoisotopic (exact) mass is 268 g/mol. The molecule has 1 aromatic carbocycles. The molecule has 1 aliphatic heterocycles. The summed E-state index contributed by atoms with van der Waals surface area (Å²) in [6.45, 7) is 4.29. The van der Waals surface area contributed by atoms with Crippen LogP contribution in [-0.4, -0.2) is 19.1 Å². The smallest absolute Gasteiger partial charge is 0.0485 e. The largest absolute Gasteiger partial charge is 0.383 e. The molecule has 1 fully saturated rings. The fraction of sp³-hybridized carbons (Fsp3) is 0.500. The van der Waals surface area contributed by atoms with E-state index in [9.17, 15) is 0 Å². The van der Waals surface area contributed by atoms with Crippen molar-refractivity contribution in [2.75, 3.05) is 18.4 Å². The molecule has 2 N–H and O–H groups in total. The molecular weight excluding hydrogens is 252 g/mol. The third-order valence-corrected chi connectivity index (χ3v) is 3.48. The van der Waals surface area contributed by atoms with Gasteiger partial charge in [-0.15, -0.1) is 0 Å². The van der Waals surface area contributed by atoms with Crippen LogP contribution in [0.3, 0.4) is 0 Å². The third-order valence-electron chi connectivity index (χ3n) is 2.83. The Bertz CT molecular complexity index is 332. The molecule has 1 aliphatic rings. The van der Waals surface area contributed by atoms with Gasteiger partial charge in [0, 0.05) is 22.7 Å². The van der Waals surface area contributed by atoms with Crippen LogP contribution in [0.25, 0.3) is 0 Å². The summed E-state index contributed by atoms with van der Waals surface area (Å²) in [6, 6.07) is 7.05. The lowest BCUT2D eigenvalue weighted by Gasteiger charge is -2.14. The first-order valence-corrected chi connectivity index (χ1v) is 6.28. The quantitative estimate of drug-likeness (QED) is 0.881. The van der Waals surface area contributed by atoms with Gasteiger partial charge in [-0.1, -0.05) is 6.07 Å². The van der Waals surface area contributed by atoms with Gasteiger partial charge in [-0.3, -0.25) is 0 Å². The predicted octanol–water partition coefficient (Wildman–Crippen LogP) is 2.92. The molecule has 1 saturated heterocycles. The molecule has 1 aromatic rings. The maximum atomic E-state index is 3.57. The van der Waals surface area contributed by atoms with E-state index in [4.69, 9.17) is 0 Å². The minimum absolute atomic E-state index is 0.637. The van der Waals surface area contributed by atoms with Crippen LogP contribution in [0.2, 0.25) is 0 Å². The van der Waals surface area contributed by atoms with Crippen molar-refractivity contribution in [3.63, 3.8) is 0 Å². The Kier molecular flexibility index (Phi) is 3.65. The van der Waals surface area contributed by atoms with E-state index in [2.05, 4.69) is 51.7 Å². The van der Waals surface area contributed by atoms with Crippen molar-refractivity contribution in [2.24, 2.45) is 0 Å². The van der Waals surface area contributed by atoms with Gasteiger partial charge >= 0.3 is 0 Å². The van der Waals surface area contributed by atoms with Crippen LogP contribution < -0.4 is 10.6 Å². The maximum absolute atomic E-state index is 3.57. The van der Waals surface area contributed by atoms with Gasteiger partial charge in [0.15, 0.2) is 0 Å². The highest BCUT2D eigenvalue weighted by Crippen LogP contribution is 2.23. The van der Waals surface area contributed by atoms with E-state index in [1.165, 1.54) is 30.6 Å². The molecule has 0 aromatic heterocycles. The van der Waals surface area contributed by atoms with Gasteiger partial charge < -0.3 is 10.6 Å². The highest BCUT2D eigenvalue weighted by Gasteiger charge is 2.13. The van der Waals surface area contributed by atoms with Gasteiger partial charge in [-0.2, -0.15) is 0 Å². The molecule has 0 bridgehead atoms. The molecule has 0 amide bonds. The summed E-state index contributed by atoms with van der Waals surface area (Å²) < 4.78 is 1.15. The second-order valence-corrected chi connectivity index (χ2v) is 5.01. The van der Waals surface area contributed by atoms with E-state index in [1.54, 1.807) is 0 Å². The zero-order valence-corrected chi connectivity index (χ0v) is 10.6. The van der Waals surface area contributed by atoms with Crippen LogP contribution in [0.5, 0.6) is 0 Å². The summed E-state index contributed by atoms with van der Waals surface area (Å²) in [5.41, 5.74) is 2.47. The van der Waals surface area contributed by atoms with Gasteiger partial charge in [-0.25, -0.2) is 0 Å². The minimum atomic E-state index is 0.637. The first kappa shape index (κ1) is 11.0. The topological polar surface area (TPSA) is 24.1 Å². The zero-order chi connectivity index (χ0) is 10.7. The van der Waals surface area contributed by atoms with Gasteiger partial charge in [0.2, 0.25) is 0 Å². The fourth-order valence-electron chi connectivity index (χ4n) is 1.93. The summed E-state index contributed by atoms with van der Waals surface area (Å²) in [6.07, 6.45) is 2.60. The lowest BCUT2D eigenvalue weighted by atomic mass is 10.2. The van der Waals surface area contributed by atoms with E-state index in [-0.39, 0.29) is 0 Å². The average molecular weight is 269 g/mol. The van der Waals surface area contributed by atoms with Crippen molar-refractivity contribution in [2.45, 2.75) is 25.8 Å². The molecule has 1 atom stereocenters. The van der Waals surface area contributed by atoms with Crippen molar-refractivity contribution in [1.82, 2.24) is 5.32 Å². The third kappa shape index (κ3) is 2.95. The van der Waals surface area contributed by atoms with Gasteiger partial charge in [0.25, 0.3) is 0 Å². The Morgan fingerprint density at radius 2 is 2.40 bits per heavy atom. The summed E-state index contributed by atoms with van der Waals surface area (Å²) in [4.78, 5) is 0. The van der Waals surface area contributed by atoms with Crippen LogP contribution >= 0.6 is 15.9 Å². The second-order valence-electron chi connectivity index (χ2n) is 4.16. The fourth-order valence-corrected chi connectivity index (χ4v) is 2.56. The maximum Gasteiger partial charge on any atom is 0.0485 e. The Balaban J connectivity index is 1.92. The highest BCUT2D eigenvalue weighted by atomic mass is 79.9. The summed E-state index contributed by atoms with van der Waals surface area (Å²) in [5.74, 6) is 0. The van der Waals surface area contributed by atoms with Gasteiger partial charge in [0.1, 0.15) is 0 Å². The Morgan fingerprint density at radius 1 is 1.53 bits per heavy atom. The summed E-state index contributed by atoms with van der Waals surface area (Å²) >= 11 is 3.57.